The molecule has 0 aliphatic carbocycles. The molecule has 2 heterocycles. The van der Waals surface area contributed by atoms with Crippen molar-refractivity contribution >= 4 is 16.8 Å². The maximum atomic E-state index is 13.0. The maximum Gasteiger partial charge on any atom is 0.197 e. The molecular formula is C21H21N3O2. The summed E-state index contributed by atoms with van der Waals surface area (Å²) in [5, 5.41) is 3.42. The number of nitrogens with one attached hydrogen (secondary N) is 1. The van der Waals surface area contributed by atoms with Gasteiger partial charge in [0, 0.05) is 30.6 Å². The first-order valence-electron chi connectivity index (χ1n) is 8.80. The molecule has 0 spiro atoms. The molecule has 0 saturated heterocycles. The molecular weight excluding hydrogens is 326 g/mol. The van der Waals surface area contributed by atoms with E-state index in [1.165, 1.54) is 5.56 Å². The molecule has 0 radical (unpaired) electrons. The van der Waals surface area contributed by atoms with Gasteiger partial charge in [-0.25, -0.2) is 0 Å². The molecule has 5 heteroatoms. The Morgan fingerprint density at radius 1 is 1.08 bits per heavy atom. The number of hydrogen-bond donors (Lipinski definition) is 1. The van der Waals surface area contributed by atoms with Crippen LogP contribution in [0, 0.1) is 0 Å². The average Bonchev–Trinajstić information content (AvgIpc) is 2.64. The zero-order valence-electron chi connectivity index (χ0n) is 14.9. The van der Waals surface area contributed by atoms with Crippen LogP contribution in [0.25, 0.3) is 11.0 Å². The summed E-state index contributed by atoms with van der Waals surface area (Å²) in [5.41, 5.74) is 2.71. The summed E-state index contributed by atoms with van der Waals surface area (Å²) in [7, 11) is 0. The van der Waals surface area contributed by atoms with Crippen molar-refractivity contribution in [2.24, 2.45) is 0 Å². The zero-order chi connectivity index (χ0) is 18.1. The van der Waals surface area contributed by atoms with Crippen molar-refractivity contribution in [1.82, 2.24) is 15.3 Å². The number of carbonyl (C=O) groups is 1. The van der Waals surface area contributed by atoms with E-state index in [0.29, 0.717) is 12.3 Å². The SMILES string of the molecule is CC1(C)Oc2cc3nccnc3cc2[C@H](NCCc2ccccc2)C1=O. The van der Waals surface area contributed by atoms with Gasteiger partial charge in [0.05, 0.1) is 17.1 Å². The van der Waals surface area contributed by atoms with Crippen molar-refractivity contribution in [3.8, 4) is 5.75 Å². The van der Waals surface area contributed by atoms with E-state index in [2.05, 4.69) is 27.4 Å². The minimum absolute atomic E-state index is 0.0290. The van der Waals surface area contributed by atoms with E-state index in [4.69, 9.17) is 4.74 Å². The Morgan fingerprint density at radius 2 is 1.77 bits per heavy atom. The third-order valence-electron chi connectivity index (χ3n) is 4.74. The highest BCUT2D eigenvalue weighted by Gasteiger charge is 2.42. The summed E-state index contributed by atoms with van der Waals surface area (Å²) in [4.78, 5) is 21.7. The van der Waals surface area contributed by atoms with Gasteiger partial charge < -0.3 is 10.1 Å². The van der Waals surface area contributed by atoms with Crippen molar-refractivity contribution < 1.29 is 9.53 Å². The van der Waals surface area contributed by atoms with Crippen LogP contribution in [-0.4, -0.2) is 27.9 Å². The topological polar surface area (TPSA) is 64.1 Å². The molecule has 0 amide bonds. The van der Waals surface area contributed by atoms with Crippen LogP contribution in [0.3, 0.4) is 0 Å². The third-order valence-corrected chi connectivity index (χ3v) is 4.74. The quantitative estimate of drug-likeness (QED) is 0.785. The van der Waals surface area contributed by atoms with Gasteiger partial charge >= 0.3 is 0 Å². The monoisotopic (exact) mass is 347 g/mol. The van der Waals surface area contributed by atoms with Crippen LogP contribution in [0.5, 0.6) is 5.75 Å². The summed E-state index contributed by atoms with van der Waals surface area (Å²) in [5.74, 6) is 0.723. The Morgan fingerprint density at radius 3 is 2.50 bits per heavy atom. The Hall–Kier alpha value is -2.79. The number of Topliss-reactive ketones (excluding diaryl/α,β-unsaturated/α-hetero) is 1. The minimum Gasteiger partial charge on any atom is -0.480 e. The number of aromatic nitrogens is 2. The molecule has 132 valence electrons. The van der Waals surface area contributed by atoms with Gasteiger partial charge in [0.2, 0.25) is 0 Å². The van der Waals surface area contributed by atoms with Crippen molar-refractivity contribution in [2.75, 3.05) is 6.54 Å². The third kappa shape index (κ3) is 3.06. The summed E-state index contributed by atoms with van der Waals surface area (Å²) < 4.78 is 5.98. The molecule has 0 fully saturated rings. The van der Waals surface area contributed by atoms with E-state index in [1.807, 2.05) is 44.2 Å². The van der Waals surface area contributed by atoms with E-state index in [9.17, 15) is 4.79 Å². The molecule has 5 nitrogen and oxygen atoms in total. The molecule has 26 heavy (non-hydrogen) atoms. The molecule has 3 aromatic rings. The number of nitrogens with zero attached hydrogens (tertiary/aromatic N) is 2. The number of benzene rings is 2. The summed E-state index contributed by atoms with van der Waals surface area (Å²) in [6.07, 6.45) is 4.17. The number of fused-ring (bicyclic) bond motifs is 2. The second kappa shape index (κ2) is 6.50. The number of carbonyl (C=O) groups excluding carboxylic acids is 1. The molecule has 1 aliphatic heterocycles. The minimum atomic E-state index is -0.882. The largest absolute Gasteiger partial charge is 0.480 e. The molecule has 1 atom stereocenters. The first kappa shape index (κ1) is 16.7. The van der Waals surface area contributed by atoms with Gasteiger partial charge in [0.25, 0.3) is 0 Å². The second-order valence-corrected chi connectivity index (χ2v) is 7.03. The van der Waals surface area contributed by atoms with Gasteiger partial charge in [-0.15, -0.1) is 0 Å². The normalized spacial score (nSPS) is 18.4. The number of hydrogen-bond acceptors (Lipinski definition) is 5. The Labute approximate surface area is 152 Å². The van der Waals surface area contributed by atoms with Gasteiger partial charge in [-0.1, -0.05) is 30.3 Å². The first-order chi connectivity index (χ1) is 12.5. The van der Waals surface area contributed by atoms with Crippen LogP contribution in [0.4, 0.5) is 0 Å². The van der Waals surface area contributed by atoms with Crippen molar-refractivity contribution in [3.05, 3.63) is 66.0 Å². The first-order valence-corrected chi connectivity index (χ1v) is 8.80. The van der Waals surface area contributed by atoms with Gasteiger partial charge in [0.15, 0.2) is 11.4 Å². The lowest BCUT2D eigenvalue weighted by molar-refractivity contribution is -0.136. The highest BCUT2D eigenvalue weighted by Crippen LogP contribution is 2.38. The smallest absolute Gasteiger partial charge is 0.197 e. The van der Waals surface area contributed by atoms with E-state index in [0.717, 1.165) is 23.0 Å². The molecule has 2 aromatic carbocycles. The lowest BCUT2D eigenvalue weighted by Gasteiger charge is -2.36. The Balaban J connectivity index is 1.64. The molecule has 0 unspecified atom stereocenters. The molecule has 0 bridgehead atoms. The number of rotatable bonds is 4. The number of ketones is 1. The molecule has 1 N–H and O–H groups in total. The highest BCUT2D eigenvalue weighted by molar-refractivity contribution is 5.96. The fourth-order valence-electron chi connectivity index (χ4n) is 3.34. The van der Waals surface area contributed by atoms with Crippen molar-refractivity contribution in [3.63, 3.8) is 0 Å². The number of ether oxygens (including phenoxy) is 1. The standard InChI is InChI=1S/C21H21N3O2/c1-21(2)20(25)19(24-9-8-14-6-4-3-5-7-14)15-12-16-17(13-18(15)26-21)23-11-10-22-16/h3-7,10-13,19,24H,8-9H2,1-2H3/t19-/m0/s1. The van der Waals surface area contributed by atoms with E-state index in [-0.39, 0.29) is 5.78 Å². The highest BCUT2D eigenvalue weighted by atomic mass is 16.5. The van der Waals surface area contributed by atoms with Gasteiger partial charge in [0.1, 0.15) is 5.75 Å². The van der Waals surface area contributed by atoms with Crippen LogP contribution >= 0.6 is 0 Å². The van der Waals surface area contributed by atoms with Gasteiger partial charge in [-0.3, -0.25) is 14.8 Å². The van der Waals surface area contributed by atoms with Crippen LogP contribution < -0.4 is 10.1 Å². The van der Waals surface area contributed by atoms with Gasteiger partial charge in [-0.05, 0) is 31.9 Å². The Kier molecular flexibility index (Phi) is 4.17. The lowest BCUT2D eigenvalue weighted by atomic mass is 9.87. The maximum absolute atomic E-state index is 13.0. The van der Waals surface area contributed by atoms with E-state index < -0.39 is 11.6 Å². The molecule has 4 rings (SSSR count). The second-order valence-electron chi connectivity index (χ2n) is 7.03. The average molecular weight is 347 g/mol. The van der Waals surface area contributed by atoms with Crippen LogP contribution in [0.1, 0.15) is 31.0 Å². The fourth-order valence-corrected chi connectivity index (χ4v) is 3.34. The molecule has 0 saturated carbocycles. The Bertz CT molecular complexity index is 954. The van der Waals surface area contributed by atoms with Gasteiger partial charge in [-0.2, -0.15) is 0 Å². The molecule has 1 aliphatic rings. The van der Waals surface area contributed by atoms with E-state index >= 15 is 0 Å². The van der Waals surface area contributed by atoms with E-state index in [1.54, 1.807) is 12.4 Å². The van der Waals surface area contributed by atoms with Crippen LogP contribution in [0.2, 0.25) is 0 Å². The van der Waals surface area contributed by atoms with Crippen molar-refractivity contribution in [1.29, 1.82) is 0 Å². The lowest BCUT2D eigenvalue weighted by Crippen LogP contribution is -2.49. The van der Waals surface area contributed by atoms with Crippen LogP contribution in [-0.2, 0) is 11.2 Å². The summed E-state index contributed by atoms with van der Waals surface area (Å²) >= 11 is 0. The van der Waals surface area contributed by atoms with Crippen LogP contribution in [0.15, 0.2) is 54.9 Å². The summed E-state index contributed by atoms with van der Waals surface area (Å²) in [6.45, 7) is 4.32. The summed E-state index contributed by atoms with van der Waals surface area (Å²) in [6, 6.07) is 13.6. The predicted octanol–water partition coefficient (Wildman–Crippen LogP) is 3.24. The predicted molar refractivity (Wildman–Crippen MR) is 100 cm³/mol. The zero-order valence-corrected chi connectivity index (χ0v) is 14.9. The molecule has 1 aromatic heterocycles. The van der Waals surface area contributed by atoms with Crippen molar-refractivity contribution in [2.45, 2.75) is 31.9 Å². The fraction of sp³-hybridized carbons (Fsp3) is 0.286.